The number of hydrogen-bond donors (Lipinski definition) is 2. The van der Waals surface area contributed by atoms with Gasteiger partial charge in [0.15, 0.2) is 6.10 Å². The van der Waals surface area contributed by atoms with Gasteiger partial charge in [0.2, 0.25) is 0 Å². The van der Waals surface area contributed by atoms with E-state index in [1.165, 1.54) is 17.0 Å². The van der Waals surface area contributed by atoms with Crippen LogP contribution in [0.4, 0.5) is 24.7 Å². The Morgan fingerprint density at radius 1 is 1.18 bits per heavy atom. The molecule has 4 rings (SSSR count). The van der Waals surface area contributed by atoms with E-state index in [1.54, 1.807) is 12.1 Å². The minimum atomic E-state index is -4.84. The van der Waals surface area contributed by atoms with Crippen molar-refractivity contribution in [1.29, 1.82) is 0 Å². The number of rotatable bonds is 5. The second kappa shape index (κ2) is 9.20. The minimum absolute atomic E-state index is 0.0624. The molecule has 2 aromatic rings. The van der Waals surface area contributed by atoms with E-state index in [9.17, 15) is 28.2 Å². The number of aliphatic hydroxyl groups is 1. The smallest absolute Gasteiger partial charge is 0.479 e. The van der Waals surface area contributed by atoms with Crippen molar-refractivity contribution in [3.05, 3.63) is 47.0 Å². The number of aliphatic carboxylic acids is 1. The van der Waals surface area contributed by atoms with Crippen molar-refractivity contribution in [1.82, 2.24) is 4.98 Å². The Kier molecular flexibility index (Phi) is 6.51. The van der Waals surface area contributed by atoms with Gasteiger partial charge in [0.05, 0.1) is 11.5 Å². The van der Waals surface area contributed by atoms with E-state index >= 15 is 0 Å². The molecule has 2 aliphatic rings. The highest BCUT2D eigenvalue weighted by Gasteiger charge is 2.37. The Labute approximate surface area is 191 Å². The highest BCUT2D eigenvalue weighted by Crippen LogP contribution is 2.34. The van der Waals surface area contributed by atoms with Gasteiger partial charge in [-0.05, 0) is 54.5 Å². The summed E-state index contributed by atoms with van der Waals surface area (Å²) in [6, 6.07) is 8.51. The predicted octanol–water partition coefficient (Wildman–Crippen LogP) is 2.99. The van der Waals surface area contributed by atoms with E-state index in [1.807, 2.05) is 6.08 Å². The molecular formula is C22H20ClF3N2O5. The summed E-state index contributed by atoms with van der Waals surface area (Å²) < 4.78 is 47.3. The molecule has 7 nitrogen and oxygen atoms in total. The first kappa shape index (κ1) is 23.3. The highest BCUT2D eigenvalue weighted by atomic mass is 35.5. The second-order valence-corrected chi connectivity index (χ2v) is 8.17. The summed E-state index contributed by atoms with van der Waals surface area (Å²) in [5, 5.41) is 21.7. The van der Waals surface area contributed by atoms with Crippen LogP contribution in [-0.2, 0) is 9.53 Å². The summed E-state index contributed by atoms with van der Waals surface area (Å²) in [4.78, 5) is 17.7. The van der Waals surface area contributed by atoms with E-state index in [4.69, 9.17) is 16.3 Å². The van der Waals surface area contributed by atoms with E-state index in [0.29, 0.717) is 28.3 Å². The summed E-state index contributed by atoms with van der Waals surface area (Å²) in [6.07, 6.45) is -4.62. The van der Waals surface area contributed by atoms with Gasteiger partial charge >= 0.3 is 12.3 Å². The molecular weight excluding hydrogens is 465 g/mol. The molecule has 0 saturated carbocycles. The van der Waals surface area contributed by atoms with Crippen LogP contribution in [0.15, 0.2) is 36.4 Å². The third-order valence-electron chi connectivity index (χ3n) is 5.34. The van der Waals surface area contributed by atoms with Gasteiger partial charge in [0, 0.05) is 23.6 Å². The highest BCUT2D eigenvalue weighted by molar-refractivity contribution is 6.45. The summed E-state index contributed by atoms with van der Waals surface area (Å²) in [6.45, 7) is 0. The Balaban J connectivity index is 1.77. The molecule has 33 heavy (non-hydrogen) atoms. The fourth-order valence-electron chi connectivity index (χ4n) is 3.91. The number of fused-ring (bicyclic) bond motifs is 1. The molecule has 1 aliphatic heterocycles. The predicted molar refractivity (Wildman–Crippen MR) is 113 cm³/mol. The molecule has 1 fully saturated rings. The zero-order chi connectivity index (χ0) is 23.8. The number of aromatic nitrogens is 1. The average molecular weight is 485 g/mol. The van der Waals surface area contributed by atoms with Gasteiger partial charge in [-0.2, -0.15) is 0 Å². The second-order valence-electron chi connectivity index (χ2n) is 7.71. The number of aliphatic hydroxyl groups excluding tert-OH is 1. The summed E-state index contributed by atoms with van der Waals surface area (Å²) >= 11 is 6.37. The molecule has 1 aliphatic carbocycles. The Morgan fingerprint density at radius 3 is 2.58 bits per heavy atom. The van der Waals surface area contributed by atoms with Crippen molar-refractivity contribution < 1.29 is 37.7 Å². The zero-order valence-corrected chi connectivity index (χ0v) is 17.9. The largest absolute Gasteiger partial charge is 0.573 e. The number of hydrogen-bond acceptors (Lipinski definition) is 6. The van der Waals surface area contributed by atoms with E-state index < -0.39 is 36.5 Å². The van der Waals surface area contributed by atoms with Crippen LogP contribution >= 0.6 is 11.6 Å². The zero-order valence-electron chi connectivity index (χ0n) is 17.1. The van der Waals surface area contributed by atoms with Gasteiger partial charge in [-0.1, -0.05) is 17.7 Å². The van der Waals surface area contributed by atoms with E-state index in [0.717, 1.165) is 23.8 Å². The van der Waals surface area contributed by atoms with Crippen LogP contribution < -0.4 is 20.2 Å². The molecule has 0 radical (unpaired) electrons. The van der Waals surface area contributed by atoms with Crippen molar-refractivity contribution in [3.63, 3.8) is 0 Å². The molecule has 1 saturated heterocycles. The number of alkyl halides is 3. The number of carboxylic acids is 1. The number of benzene rings is 1. The van der Waals surface area contributed by atoms with Crippen LogP contribution in [0.1, 0.15) is 25.7 Å². The summed E-state index contributed by atoms with van der Waals surface area (Å²) in [7, 11) is 0. The molecule has 11 heteroatoms. The molecule has 0 unspecified atom stereocenters. The van der Waals surface area contributed by atoms with Crippen molar-refractivity contribution in [3.8, 4) is 5.75 Å². The monoisotopic (exact) mass is 484 g/mol. The molecule has 2 heterocycles. The number of halogens is 4. The Bertz CT molecular complexity index is 1160. The normalized spacial score (nSPS) is 22.8. The number of carboxylic acid groups (broad SMARTS) is 1. The van der Waals surface area contributed by atoms with Crippen LogP contribution in [0, 0.1) is 0 Å². The summed E-state index contributed by atoms with van der Waals surface area (Å²) in [5.74, 6) is -1.30. The lowest BCUT2D eigenvalue weighted by atomic mass is 10.0. The van der Waals surface area contributed by atoms with Crippen LogP contribution in [0.25, 0.3) is 11.1 Å². The third-order valence-corrected chi connectivity index (χ3v) is 5.70. The average Bonchev–Trinajstić information content (AvgIpc) is 2.74. The minimum Gasteiger partial charge on any atom is -0.479 e. The standard InChI is InChI=1S/C22H20ClF3N2O5/c23-16-3-1-2-12-4-9-18(27-20(12)16)28(19-11-14(29)10-17(32-19)21(30)31)13-5-7-15(8-6-13)33-22(24,25)26/h2,4-9,14,17,19,29H,1,3,10-11H2,(H,30,31)/t14-,17-,19+/m0/s1. The van der Waals surface area contributed by atoms with Crippen molar-refractivity contribution >= 4 is 40.2 Å². The number of nitrogens with zero attached hydrogens (tertiary/aromatic N) is 2. The fourth-order valence-corrected chi connectivity index (χ4v) is 4.17. The van der Waals surface area contributed by atoms with Crippen molar-refractivity contribution in [2.45, 2.75) is 50.5 Å². The lowest BCUT2D eigenvalue weighted by Crippen LogP contribution is -2.48. The quantitative estimate of drug-likeness (QED) is 0.674. The van der Waals surface area contributed by atoms with Gasteiger partial charge in [0.25, 0.3) is 0 Å². The SMILES string of the molecule is O=C(O)[C@@H]1C[C@H](O)C[C@H](N(c2ccc(OC(F)(F)F)cc2)c2ccc3c(n2)=C(Cl)CCC=3)O1. The lowest BCUT2D eigenvalue weighted by molar-refractivity contribution is -0.274. The van der Waals surface area contributed by atoms with Gasteiger partial charge < -0.3 is 19.7 Å². The van der Waals surface area contributed by atoms with Gasteiger partial charge in [-0.3, -0.25) is 4.90 Å². The first-order valence-corrected chi connectivity index (χ1v) is 10.6. The molecule has 0 spiro atoms. The molecule has 1 aromatic heterocycles. The molecule has 2 N–H and O–H groups in total. The maximum Gasteiger partial charge on any atom is 0.573 e. The topological polar surface area (TPSA) is 92.1 Å². The number of anilines is 2. The van der Waals surface area contributed by atoms with Gasteiger partial charge in [-0.15, -0.1) is 13.2 Å². The maximum absolute atomic E-state index is 12.6. The van der Waals surface area contributed by atoms with Crippen LogP contribution in [0.2, 0.25) is 0 Å². The Morgan fingerprint density at radius 2 is 1.91 bits per heavy atom. The van der Waals surface area contributed by atoms with Crippen molar-refractivity contribution in [2.24, 2.45) is 0 Å². The molecule has 3 atom stereocenters. The first-order valence-electron chi connectivity index (χ1n) is 10.2. The molecule has 1 aromatic carbocycles. The van der Waals surface area contributed by atoms with Crippen LogP contribution in [0.3, 0.4) is 0 Å². The fraction of sp³-hybridized carbons (Fsp3) is 0.364. The van der Waals surface area contributed by atoms with Gasteiger partial charge in [-0.25, -0.2) is 9.78 Å². The van der Waals surface area contributed by atoms with E-state index in [2.05, 4.69) is 9.72 Å². The van der Waals surface area contributed by atoms with Gasteiger partial charge in [0.1, 0.15) is 17.8 Å². The number of carbonyl (C=O) groups is 1. The molecule has 0 bridgehead atoms. The molecule has 176 valence electrons. The number of ether oxygens (including phenoxy) is 2. The lowest BCUT2D eigenvalue weighted by Gasteiger charge is -2.39. The van der Waals surface area contributed by atoms with Crippen LogP contribution in [0.5, 0.6) is 5.75 Å². The first-order chi connectivity index (χ1) is 15.6. The Hall–Kier alpha value is -2.82. The van der Waals surface area contributed by atoms with E-state index in [-0.39, 0.29) is 12.8 Å². The maximum atomic E-state index is 12.6. The number of pyridine rings is 1. The summed E-state index contributed by atoms with van der Waals surface area (Å²) in [5.41, 5.74) is 0.371. The van der Waals surface area contributed by atoms with Crippen LogP contribution in [-0.4, -0.2) is 46.0 Å². The van der Waals surface area contributed by atoms with Crippen molar-refractivity contribution in [2.75, 3.05) is 4.90 Å². The molecule has 0 amide bonds. The third kappa shape index (κ3) is 5.40.